The largest absolute Gasteiger partial charge is 0.379 e. The van der Waals surface area contributed by atoms with E-state index in [0.29, 0.717) is 5.92 Å². The third-order valence-electron chi connectivity index (χ3n) is 5.38. The zero-order chi connectivity index (χ0) is 23.1. The SMILES string of the molecule is CC.Cc1ncc2c(NC3c4ccc(F)c(C)c4CCC3C)cccc2n1.FC(F)F. The first-order valence-corrected chi connectivity index (χ1v) is 10.5. The number of rotatable bonds is 2. The van der Waals surface area contributed by atoms with Crippen LogP contribution in [0.3, 0.4) is 0 Å². The maximum Gasteiger partial charge on any atom is 0.379 e. The average molecular weight is 436 g/mol. The highest BCUT2D eigenvalue weighted by Crippen LogP contribution is 2.39. The zero-order valence-corrected chi connectivity index (χ0v) is 18.5. The maximum absolute atomic E-state index is 14.0. The van der Waals surface area contributed by atoms with Crippen LogP contribution in [0.15, 0.2) is 36.5 Å². The lowest BCUT2D eigenvalue weighted by atomic mass is 9.79. The molecule has 2 atom stereocenters. The van der Waals surface area contributed by atoms with Crippen molar-refractivity contribution in [2.24, 2.45) is 5.92 Å². The van der Waals surface area contributed by atoms with Gasteiger partial charge in [0, 0.05) is 17.3 Å². The Morgan fingerprint density at radius 1 is 1.06 bits per heavy atom. The van der Waals surface area contributed by atoms with Gasteiger partial charge in [0.05, 0.1) is 11.6 Å². The molecule has 0 saturated heterocycles. The molecule has 2 unspecified atom stereocenters. The van der Waals surface area contributed by atoms with Crippen molar-refractivity contribution in [1.82, 2.24) is 9.97 Å². The van der Waals surface area contributed by atoms with Gasteiger partial charge in [-0.3, -0.25) is 0 Å². The van der Waals surface area contributed by atoms with Crippen LogP contribution in [0, 0.1) is 25.6 Å². The van der Waals surface area contributed by atoms with Crippen LogP contribution in [-0.2, 0) is 6.42 Å². The van der Waals surface area contributed by atoms with Crippen LogP contribution in [0.1, 0.15) is 55.7 Å². The van der Waals surface area contributed by atoms with Crippen LogP contribution in [0.25, 0.3) is 10.9 Å². The van der Waals surface area contributed by atoms with Crippen LogP contribution in [0.4, 0.5) is 23.2 Å². The molecule has 3 aromatic rings. The number of nitrogens with zero attached hydrogens (tertiary/aromatic N) is 2. The number of benzene rings is 2. The second kappa shape index (κ2) is 11.1. The van der Waals surface area contributed by atoms with E-state index in [1.807, 2.05) is 52.1 Å². The lowest BCUT2D eigenvalue weighted by Gasteiger charge is -2.34. The van der Waals surface area contributed by atoms with Crippen molar-refractivity contribution in [3.8, 4) is 0 Å². The van der Waals surface area contributed by atoms with Gasteiger partial charge in [-0.2, -0.15) is 13.2 Å². The van der Waals surface area contributed by atoms with Crippen molar-refractivity contribution in [3.63, 3.8) is 0 Å². The van der Waals surface area contributed by atoms with E-state index >= 15 is 0 Å². The van der Waals surface area contributed by atoms with Gasteiger partial charge < -0.3 is 5.32 Å². The molecule has 0 bridgehead atoms. The summed E-state index contributed by atoms with van der Waals surface area (Å²) < 4.78 is 43.0. The second-order valence-electron chi connectivity index (χ2n) is 7.28. The van der Waals surface area contributed by atoms with Crippen molar-refractivity contribution < 1.29 is 17.6 Å². The summed E-state index contributed by atoms with van der Waals surface area (Å²) in [7, 11) is 0. The normalized spacial score (nSPS) is 17.2. The zero-order valence-electron chi connectivity index (χ0n) is 18.5. The Kier molecular flexibility index (Phi) is 8.77. The first kappa shape index (κ1) is 24.6. The van der Waals surface area contributed by atoms with E-state index in [4.69, 9.17) is 0 Å². The molecule has 0 fully saturated rings. The Morgan fingerprint density at radius 2 is 1.74 bits per heavy atom. The summed E-state index contributed by atoms with van der Waals surface area (Å²) in [5, 5.41) is 4.71. The van der Waals surface area contributed by atoms with Gasteiger partial charge in [-0.05, 0) is 67.5 Å². The summed E-state index contributed by atoms with van der Waals surface area (Å²) in [5.41, 5.74) is 5.12. The molecule has 4 rings (SSSR count). The number of hydrogen-bond acceptors (Lipinski definition) is 3. The van der Waals surface area contributed by atoms with Gasteiger partial charge in [-0.15, -0.1) is 0 Å². The predicted octanol–water partition coefficient (Wildman–Crippen LogP) is 7.33. The molecule has 1 aliphatic carbocycles. The minimum absolute atomic E-state index is 0.110. The van der Waals surface area contributed by atoms with E-state index in [2.05, 4.69) is 28.3 Å². The third-order valence-corrected chi connectivity index (χ3v) is 5.38. The maximum atomic E-state index is 14.0. The third kappa shape index (κ3) is 5.93. The van der Waals surface area contributed by atoms with Gasteiger partial charge in [0.25, 0.3) is 0 Å². The summed E-state index contributed by atoms with van der Waals surface area (Å²) in [4.78, 5) is 8.87. The Balaban J connectivity index is 0.000000513. The number of aromatic nitrogens is 2. The Hall–Kier alpha value is -2.70. The lowest BCUT2D eigenvalue weighted by Crippen LogP contribution is -2.26. The molecule has 0 amide bonds. The summed E-state index contributed by atoms with van der Waals surface area (Å²) in [6, 6.07) is 9.79. The number of fused-ring (bicyclic) bond motifs is 2. The number of hydrogen-bond donors (Lipinski definition) is 1. The smallest absolute Gasteiger partial charge is 0.377 e. The minimum Gasteiger partial charge on any atom is -0.377 e. The minimum atomic E-state index is -3.67. The molecule has 0 radical (unpaired) electrons. The molecule has 1 aromatic heterocycles. The molecule has 31 heavy (non-hydrogen) atoms. The lowest BCUT2D eigenvalue weighted by molar-refractivity contribution is 0.00819. The van der Waals surface area contributed by atoms with Crippen LogP contribution in [0.2, 0.25) is 0 Å². The molecule has 1 N–H and O–H groups in total. The second-order valence-corrected chi connectivity index (χ2v) is 7.28. The van der Waals surface area contributed by atoms with E-state index in [1.54, 1.807) is 6.07 Å². The number of alkyl halides is 3. The first-order chi connectivity index (χ1) is 14.8. The van der Waals surface area contributed by atoms with Gasteiger partial charge in [-0.1, -0.05) is 32.9 Å². The highest BCUT2D eigenvalue weighted by Gasteiger charge is 2.28. The van der Waals surface area contributed by atoms with Gasteiger partial charge in [0.2, 0.25) is 0 Å². The molecule has 3 nitrogen and oxygen atoms in total. The predicted molar refractivity (Wildman–Crippen MR) is 118 cm³/mol. The number of nitrogens with one attached hydrogen (secondary N) is 1. The van der Waals surface area contributed by atoms with E-state index in [-0.39, 0.29) is 11.9 Å². The molecule has 2 aromatic carbocycles. The van der Waals surface area contributed by atoms with E-state index < -0.39 is 6.68 Å². The summed E-state index contributed by atoms with van der Waals surface area (Å²) in [5.74, 6) is 1.13. The summed E-state index contributed by atoms with van der Waals surface area (Å²) >= 11 is 0. The fraction of sp³-hybridized carbons (Fsp3) is 0.417. The van der Waals surface area contributed by atoms with E-state index in [9.17, 15) is 17.6 Å². The molecule has 1 heterocycles. The quantitative estimate of drug-likeness (QED) is 0.428. The van der Waals surface area contributed by atoms with E-state index in [1.165, 1.54) is 5.56 Å². The van der Waals surface area contributed by atoms with Crippen molar-refractivity contribution in [2.75, 3.05) is 5.32 Å². The van der Waals surface area contributed by atoms with Crippen LogP contribution in [0.5, 0.6) is 0 Å². The summed E-state index contributed by atoms with van der Waals surface area (Å²) in [6.07, 6.45) is 3.87. The first-order valence-electron chi connectivity index (χ1n) is 10.5. The van der Waals surface area contributed by atoms with Crippen molar-refractivity contribution in [1.29, 1.82) is 0 Å². The van der Waals surface area contributed by atoms with Crippen molar-refractivity contribution in [2.45, 2.75) is 60.2 Å². The van der Waals surface area contributed by atoms with Crippen molar-refractivity contribution >= 4 is 16.6 Å². The van der Waals surface area contributed by atoms with Gasteiger partial charge in [0.15, 0.2) is 0 Å². The fourth-order valence-electron chi connectivity index (χ4n) is 3.88. The van der Waals surface area contributed by atoms with Crippen LogP contribution < -0.4 is 5.32 Å². The number of aryl methyl sites for hydroxylation is 1. The average Bonchev–Trinajstić information content (AvgIpc) is 2.73. The fourth-order valence-corrected chi connectivity index (χ4v) is 3.88. The van der Waals surface area contributed by atoms with E-state index in [0.717, 1.165) is 46.4 Å². The van der Waals surface area contributed by atoms with Gasteiger partial charge in [-0.25, -0.2) is 14.4 Å². The van der Waals surface area contributed by atoms with Crippen molar-refractivity contribution in [3.05, 3.63) is 64.9 Å². The Bertz CT molecular complexity index is 1000. The Labute approximate surface area is 180 Å². The molecule has 0 saturated carbocycles. The summed E-state index contributed by atoms with van der Waals surface area (Å²) in [6.45, 7) is 6.37. The van der Waals surface area contributed by atoms with Crippen LogP contribution >= 0.6 is 0 Å². The van der Waals surface area contributed by atoms with Gasteiger partial charge in [0.1, 0.15) is 11.6 Å². The Morgan fingerprint density at radius 3 is 2.42 bits per heavy atom. The van der Waals surface area contributed by atoms with Crippen LogP contribution in [-0.4, -0.2) is 16.6 Å². The molecule has 7 heteroatoms. The monoisotopic (exact) mass is 435 g/mol. The number of anilines is 1. The molecule has 168 valence electrons. The molecule has 1 aliphatic rings. The topological polar surface area (TPSA) is 37.8 Å². The molecular formula is C24H29F4N3. The standard InChI is InChI=1S/C21H22FN3.C2H6.CHF3/c1-12-7-8-15-13(2)18(22)10-9-16(15)21(12)25-20-6-4-5-19-17(20)11-23-14(3)24-19;1-2;2-1(3)4/h4-6,9-12,21,25H,7-8H2,1-3H3;1-2H3;1H. The molecule has 0 aliphatic heterocycles. The van der Waals surface area contributed by atoms with Gasteiger partial charge >= 0.3 is 6.68 Å². The highest BCUT2D eigenvalue weighted by atomic mass is 19.4. The highest BCUT2D eigenvalue weighted by molar-refractivity contribution is 5.90. The molecular weight excluding hydrogens is 406 g/mol. The molecule has 0 spiro atoms. The number of halogens is 4.